The first-order chi connectivity index (χ1) is 9.84. The fraction of sp³-hybridized carbons (Fsp3) is 0.400. The van der Waals surface area contributed by atoms with E-state index in [2.05, 4.69) is 36.3 Å². The van der Waals surface area contributed by atoms with E-state index in [9.17, 15) is 9.59 Å². The lowest BCUT2D eigenvalue weighted by atomic mass is 9.92. The van der Waals surface area contributed by atoms with Crippen molar-refractivity contribution in [2.45, 2.75) is 39.3 Å². The van der Waals surface area contributed by atoms with Crippen LogP contribution in [0.4, 0.5) is 0 Å². The average Bonchev–Trinajstić information content (AvgIpc) is 2.88. The molecular formula is C15H20N4O2. The van der Waals surface area contributed by atoms with Gasteiger partial charge in [0.2, 0.25) is 5.91 Å². The molecule has 0 atom stereocenters. The summed E-state index contributed by atoms with van der Waals surface area (Å²) in [5, 5.41) is 9.99. The molecule has 0 aromatic carbocycles. The number of carbonyl (C=O) groups is 1. The summed E-state index contributed by atoms with van der Waals surface area (Å²) >= 11 is 0. The summed E-state index contributed by atoms with van der Waals surface area (Å²) in [7, 11) is 0. The first-order valence-electron chi connectivity index (χ1n) is 6.82. The number of aromatic amines is 1. The number of nitrogens with zero attached hydrogens (tertiary/aromatic N) is 2. The van der Waals surface area contributed by atoms with Gasteiger partial charge in [-0.15, -0.1) is 0 Å². The van der Waals surface area contributed by atoms with E-state index >= 15 is 0 Å². The lowest BCUT2D eigenvalue weighted by molar-refractivity contribution is -0.121. The molecule has 0 saturated carbocycles. The first kappa shape index (κ1) is 15.0. The number of amides is 1. The third-order valence-corrected chi connectivity index (χ3v) is 3.06. The van der Waals surface area contributed by atoms with Gasteiger partial charge in [-0.1, -0.05) is 20.8 Å². The highest BCUT2D eigenvalue weighted by molar-refractivity contribution is 5.75. The zero-order valence-electron chi connectivity index (χ0n) is 12.5. The number of aromatic nitrogens is 3. The van der Waals surface area contributed by atoms with Crippen LogP contribution in [0.15, 0.2) is 35.4 Å². The Morgan fingerprint density at radius 3 is 2.57 bits per heavy atom. The summed E-state index contributed by atoms with van der Waals surface area (Å²) in [5.41, 5.74) is 1.74. The Morgan fingerprint density at radius 1 is 1.33 bits per heavy atom. The van der Waals surface area contributed by atoms with Crippen LogP contribution in [0.3, 0.4) is 0 Å². The monoisotopic (exact) mass is 288 g/mol. The quantitative estimate of drug-likeness (QED) is 0.886. The molecule has 112 valence electrons. The van der Waals surface area contributed by atoms with E-state index in [4.69, 9.17) is 0 Å². The van der Waals surface area contributed by atoms with Gasteiger partial charge in [0.05, 0.1) is 17.9 Å². The minimum atomic E-state index is -0.120. The fourth-order valence-electron chi connectivity index (χ4n) is 1.80. The van der Waals surface area contributed by atoms with Crippen molar-refractivity contribution in [3.8, 4) is 0 Å². The van der Waals surface area contributed by atoms with E-state index in [0.717, 1.165) is 11.4 Å². The number of hydrogen-bond donors (Lipinski definition) is 2. The number of hydrogen-bond acceptors (Lipinski definition) is 3. The Hall–Kier alpha value is -2.37. The van der Waals surface area contributed by atoms with Crippen molar-refractivity contribution in [1.82, 2.24) is 20.1 Å². The molecule has 0 fully saturated rings. The summed E-state index contributed by atoms with van der Waals surface area (Å²) in [6.07, 6.45) is 3.19. The Morgan fingerprint density at radius 2 is 2.00 bits per heavy atom. The maximum atomic E-state index is 11.8. The molecule has 0 bridgehead atoms. The van der Waals surface area contributed by atoms with Gasteiger partial charge in [0.1, 0.15) is 6.54 Å². The van der Waals surface area contributed by atoms with Gasteiger partial charge in [-0.2, -0.15) is 5.10 Å². The molecule has 1 amide bonds. The fourth-order valence-corrected chi connectivity index (χ4v) is 1.80. The SMILES string of the molecule is CC(C)(C)c1cc(CNC(=O)Cn2ccc(=O)cc2)[nH]n1. The van der Waals surface area contributed by atoms with Crippen molar-refractivity contribution in [2.75, 3.05) is 0 Å². The van der Waals surface area contributed by atoms with Gasteiger partial charge in [0.25, 0.3) is 0 Å². The predicted molar refractivity (Wildman–Crippen MR) is 79.8 cm³/mol. The summed E-state index contributed by atoms with van der Waals surface area (Å²) in [6.45, 7) is 6.84. The second-order valence-electron chi connectivity index (χ2n) is 6.01. The number of H-pyrrole nitrogens is 1. The highest BCUT2D eigenvalue weighted by Gasteiger charge is 2.17. The van der Waals surface area contributed by atoms with Gasteiger partial charge >= 0.3 is 0 Å². The molecule has 0 unspecified atom stereocenters. The van der Waals surface area contributed by atoms with Crippen molar-refractivity contribution in [1.29, 1.82) is 0 Å². The Kier molecular flexibility index (Phi) is 4.26. The Balaban J connectivity index is 1.88. The molecule has 6 heteroatoms. The first-order valence-corrected chi connectivity index (χ1v) is 6.82. The lowest BCUT2D eigenvalue weighted by Crippen LogP contribution is -2.27. The molecule has 0 aliphatic carbocycles. The van der Waals surface area contributed by atoms with Crippen LogP contribution in [0.25, 0.3) is 0 Å². The van der Waals surface area contributed by atoms with Crippen LogP contribution < -0.4 is 10.7 Å². The third kappa shape index (κ3) is 4.30. The molecular weight excluding hydrogens is 268 g/mol. The largest absolute Gasteiger partial charge is 0.349 e. The van der Waals surface area contributed by atoms with Crippen LogP contribution in [0.5, 0.6) is 0 Å². The predicted octanol–water partition coefficient (Wildman–Crippen LogP) is 1.19. The zero-order chi connectivity index (χ0) is 15.5. The second kappa shape index (κ2) is 5.95. The van der Waals surface area contributed by atoms with E-state index in [1.165, 1.54) is 12.1 Å². The molecule has 6 nitrogen and oxygen atoms in total. The molecule has 0 aliphatic heterocycles. The van der Waals surface area contributed by atoms with Crippen molar-refractivity contribution in [3.63, 3.8) is 0 Å². The van der Waals surface area contributed by atoms with E-state index in [1.54, 1.807) is 17.0 Å². The zero-order valence-corrected chi connectivity index (χ0v) is 12.5. The molecule has 0 saturated heterocycles. The molecule has 2 aromatic heterocycles. The van der Waals surface area contributed by atoms with E-state index in [1.807, 2.05) is 6.07 Å². The molecule has 2 aromatic rings. The van der Waals surface area contributed by atoms with Crippen molar-refractivity contribution in [3.05, 3.63) is 52.2 Å². The molecule has 0 aliphatic rings. The summed E-state index contributed by atoms with van der Waals surface area (Å²) in [4.78, 5) is 22.8. The molecule has 0 spiro atoms. The standard InChI is InChI=1S/C15H20N4O2/c1-15(2,3)13-8-11(17-18-13)9-16-14(21)10-19-6-4-12(20)5-7-19/h4-8H,9-10H2,1-3H3,(H,16,21)(H,17,18). The maximum absolute atomic E-state index is 11.8. The molecule has 0 radical (unpaired) electrons. The van der Waals surface area contributed by atoms with Gasteiger partial charge < -0.3 is 9.88 Å². The molecule has 2 rings (SSSR count). The highest BCUT2D eigenvalue weighted by Crippen LogP contribution is 2.20. The van der Waals surface area contributed by atoms with E-state index in [0.29, 0.717) is 6.54 Å². The second-order valence-corrected chi connectivity index (χ2v) is 6.01. The van der Waals surface area contributed by atoms with Crippen LogP contribution in [0.2, 0.25) is 0 Å². The van der Waals surface area contributed by atoms with E-state index < -0.39 is 0 Å². The minimum absolute atomic E-state index is 0.0192. The van der Waals surface area contributed by atoms with Gasteiger partial charge in [0.15, 0.2) is 5.43 Å². The number of carbonyl (C=O) groups excluding carboxylic acids is 1. The van der Waals surface area contributed by atoms with Crippen LogP contribution in [-0.4, -0.2) is 20.7 Å². The van der Waals surface area contributed by atoms with Crippen molar-refractivity contribution < 1.29 is 4.79 Å². The number of rotatable bonds is 4. The third-order valence-electron chi connectivity index (χ3n) is 3.06. The smallest absolute Gasteiger partial charge is 0.240 e. The van der Waals surface area contributed by atoms with Crippen LogP contribution in [-0.2, 0) is 23.3 Å². The summed E-state index contributed by atoms with van der Waals surface area (Å²) < 4.78 is 1.66. The molecule has 2 N–H and O–H groups in total. The summed E-state index contributed by atoms with van der Waals surface area (Å²) in [5.74, 6) is -0.120. The van der Waals surface area contributed by atoms with Gasteiger partial charge in [-0.05, 0) is 6.07 Å². The van der Waals surface area contributed by atoms with Gasteiger partial charge in [0, 0.05) is 29.9 Å². The number of nitrogens with one attached hydrogen (secondary N) is 2. The average molecular weight is 288 g/mol. The highest BCUT2D eigenvalue weighted by atomic mass is 16.2. The minimum Gasteiger partial charge on any atom is -0.349 e. The van der Waals surface area contributed by atoms with Crippen molar-refractivity contribution in [2.24, 2.45) is 0 Å². The van der Waals surface area contributed by atoms with Crippen LogP contribution in [0.1, 0.15) is 32.2 Å². The Labute approximate surface area is 123 Å². The van der Waals surface area contributed by atoms with Crippen LogP contribution >= 0.6 is 0 Å². The topological polar surface area (TPSA) is 79.8 Å². The van der Waals surface area contributed by atoms with Gasteiger partial charge in [-0.25, -0.2) is 0 Å². The molecule has 2 heterocycles. The number of pyridine rings is 1. The van der Waals surface area contributed by atoms with Gasteiger partial charge in [-0.3, -0.25) is 14.7 Å². The van der Waals surface area contributed by atoms with E-state index in [-0.39, 0.29) is 23.3 Å². The summed E-state index contributed by atoms with van der Waals surface area (Å²) in [6, 6.07) is 4.81. The van der Waals surface area contributed by atoms with Crippen molar-refractivity contribution >= 4 is 5.91 Å². The molecule has 21 heavy (non-hydrogen) atoms. The Bertz CT molecular complexity index is 659. The lowest BCUT2D eigenvalue weighted by Gasteiger charge is -2.13. The maximum Gasteiger partial charge on any atom is 0.240 e. The van der Waals surface area contributed by atoms with Crippen LogP contribution in [0, 0.1) is 0 Å². The normalized spacial score (nSPS) is 11.4.